The van der Waals surface area contributed by atoms with Gasteiger partial charge in [0, 0.05) is 42.7 Å². The third kappa shape index (κ3) is 4.00. The molecule has 0 aliphatic carbocycles. The molecule has 6 aromatic carbocycles. The lowest BCUT2D eigenvalue weighted by molar-refractivity contribution is 0.954. The van der Waals surface area contributed by atoms with E-state index in [0.717, 1.165) is 71.3 Å². The van der Waals surface area contributed by atoms with Crippen molar-refractivity contribution in [2.75, 3.05) is 0 Å². The zero-order valence-electron chi connectivity index (χ0n) is 25.1. The number of hydrogen-bond acceptors (Lipinski definition) is 4. The average Bonchev–Trinajstić information content (AvgIpc) is 3.69. The summed E-state index contributed by atoms with van der Waals surface area (Å²) in [6.45, 7) is 0. The second kappa shape index (κ2) is 10.3. The van der Waals surface area contributed by atoms with Crippen LogP contribution in [0.2, 0.25) is 10.0 Å². The summed E-state index contributed by atoms with van der Waals surface area (Å²) in [5.74, 6) is 1.58. The molecule has 0 spiro atoms. The van der Waals surface area contributed by atoms with Crippen molar-refractivity contribution in [2.24, 2.45) is 0 Å². The maximum atomic E-state index is 6.28. The smallest absolute Gasteiger partial charge is 0.238 e. The SMILES string of the molecule is Clc1ccc(-c2nc(-c3ccc(Cl)cc3)nc(-n3c4ccccc4c4ccc5c6ccccc6c6nc7ccccc7n6c5c43)n2)cc1. The van der Waals surface area contributed by atoms with Crippen LogP contribution >= 0.6 is 23.2 Å². The molecule has 0 fully saturated rings. The Kier molecular flexibility index (Phi) is 5.88. The van der Waals surface area contributed by atoms with Gasteiger partial charge in [-0.25, -0.2) is 9.97 Å². The van der Waals surface area contributed by atoms with Crippen LogP contribution in [0.4, 0.5) is 0 Å². The van der Waals surface area contributed by atoms with Crippen molar-refractivity contribution in [3.05, 3.63) is 144 Å². The third-order valence-electron chi connectivity index (χ3n) is 9.08. The fourth-order valence-electron chi connectivity index (χ4n) is 6.96. The number of fused-ring (bicyclic) bond motifs is 12. The zero-order valence-corrected chi connectivity index (χ0v) is 26.7. The van der Waals surface area contributed by atoms with E-state index >= 15 is 0 Å². The second-order valence-corrected chi connectivity index (χ2v) is 12.7. The van der Waals surface area contributed by atoms with Crippen molar-refractivity contribution in [3.63, 3.8) is 0 Å². The molecule has 0 amide bonds. The van der Waals surface area contributed by atoms with Gasteiger partial charge >= 0.3 is 0 Å². The maximum Gasteiger partial charge on any atom is 0.238 e. The molecule has 0 saturated heterocycles. The Labute approximate surface area is 283 Å². The van der Waals surface area contributed by atoms with Crippen molar-refractivity contribution >= 4 is 83.4 Å². The predicted molar refractivity (Wildman–Crippen MR) is 196 cm³/mol. The normalized spacial score (nSPS) is 12.0. The molecule has 6 nitrogen and oxygen atoms in total. The standard InChI is InChI=1S/C40H22Cl2N6/c41-25-17-13-23(14-18-25)37-44-38(24-15-19-26(42)20-16-24)46-40(45-37)48-33-11-5-3-8-28(33)30-22-21-29-27-7-1-2-9-31(27)39-43-32-10-4-6-12-34(32)47(39)35(29)36(30)48/h1-22H. The van der Waals surface area contributed by atoms with Gasteiger partial charge in [0.25, 0.3) is 0 Å². The van der Waals surface area contributed by atoms with Crippen LogP contribution in [0.1, 0.15) is 0 Å². The summed E-state index contributed by atoms with van der Waals surface area (Å²) in [7, 11) is 0. The first kappa shape index (κ1) is 27.3. The molecule has 0 unspecified atom stereocenters. The van der Waals surface area contributed by atoms with E-state index in [-0.39, 0.29) is 0 Å². The molecular formula is C40H22Cl2N6. The van der Waals surface area contributed by atoms with Gasteiger partial charge in [0.1, 0.15) is 5.65 Å². The second-order valence-electron chi connectivity index (χ2n) is 11.8. The molecule has 0 radical (unpaired) electrons. The Balaban J connectivity index is 1.42. The van der Waals surface area contributed by atoms with Crippen molar-refractivity contribution in [2.45, 2.75) is 0 Å². The Morgan fingerprint density at radius 3 is 1.62 bits per heavy atom. The highest BCUT2D eigenvalue weighted by Gasteiger charge is 2.23. The van der Waals surface area contributed by atoms with E-state index in [0.29, 0.717) is 27.6 Å². The van der Waals surface area contributed by atoms with E-state index < -0.39 is 0 Å². The Bertz CT molecular complexity index is 2840. The van der Waals surface area contributed by atoms with Crippen molar-refractivity contribution < 1.29 is 0 Å². The summed E-state index contributed by atoms with van der Waals surface area (Å²) in [6, 6.07) is 44.8. The molecule has 10 aromatic rings. The molecule has 226 valence electrons. The summed E-state index contributed by atoms with van der Waals surface area (Å²) < 4.78 is 4.47. The first-order valence-corrected chi connectivity index (χ1v) is 16.3. The van der Waals surface area contributed by atoms with Crippen LogP contribution in [-0.2, 0) is 0 Å². The summed E-state index contributed by atoms with van der Waals surface area (Å²) in [4.78, 5) is 20.5. The van der Waals surface area contributed by atoms with E-state index in [1.54, 1.807) is 0 Å². The molecule has 10 rings (SSSR count). The van der Waals surface area contributed by atoms with Gasteiger partial charge < -0.3 is 0 Å². The number of rotatable bonds is 3. The van der Waals surface area contributed by atoms with Crippen LogP contribution in [0.25, 0.3) is 88.9 Å². The summed E-state index contributed by atoms with van der Waals surface area (Å²) >= 11 is 12.6. The molecule has 0 aliphatic heterocycles. The number of hydrogen-bond donors (Lipinski definition) is 0. The largest absolute Gasteiger partial charge is 0.290 e. The highest BCUT2D eigenvalue weighted by molar-refractivity contribution is 6.31. The van der Waals surface area contributed by atoms with Crippen LogP contribution in [0.3, 0.4) is 0 Å². The first-order valence-electron chi connectivity index (χ1n) is 15.5. The molecule has 0 saturated carbocycles. The van der Waals surface area contributed by atoms with Crippen LogP contribution in [0, 0.1) is 0 Å². The van der Waals surface area contributed by atoms with Gasteiger partial charge in [-0.05, 0) is 72.1 Å². The van der Waals surface area contributed by atoms with Crippen molar-refractivity contribution in [1.82, 2.24) is 28.9 Å². The lowest BCUT2D eigenvalue weighted by Crippen LogP contribution is -2.07. The van der Waals surface area contributed by atoms with Crippen LogP contribution in [0.5, 0.6) is 0 Å². The number of benzene rings is 6. The number of aromatic nitrogens is 6. The van der Waals surface area contributed by atoms with Gasteiger partial charge in [0.15, 0.2) is 11.6 Å². The molecule has 0 aliphatic rings. The number of para-hydroxylation sites is 3. The minimum atomic E-state index is 0.504. The van der Waals surface area contributed by atoms with Crippen molar-refractivity contribution in [3.8, 4) is 28.7 Å². The number of pyridine rings is 1. The summed E-state index contributed by atoms with van der Waals surface area (Å²) in [5, 5.41) is 6.82. The van der Waals surface area contributed by atoms with E-state index in [1.165, 1.54) is 0 Å². The zero-order chi connectivity index (χ0) is 31.9. The summed E-state index contributed by atoms with van der Waals surface area (Å²) in [5.41, 5.74) is 7.55. The minimum Gasteiger partial charge on any atom is -0.290 e. The monoisotopic (exact) mass is 656 g/mol. The van der Waals surface area contributed by atoms with Gasteiger partial charge in [-0.1, -0.05) is 89.9 Å². The highest BCUT2D eigenvalue weighted by atomic mass is 35.5. The van der Waals surface area contributed by atoms with E-state index in [1.807, 2.05) is 54.6 Å². The lowest BCUT2D eigenvalue weighted by Gasteiger charge is -2.14. The number of imidazole rings is 1. The fourth-order valence-corrected chi connectivity index (χ4v) is 7.21. The minimum absolute atomic E-state index is 0.504. The van der Waals surface area contributed by atoms with E-state index in [2.05, 4.69) is 87.8 Å². The van der Waals surface area contributed by atoms with Crippen LogP contribution in [-0.4, -0.2) is 28.9 Å². The maximum absolute atomic E-state index is 6.28. The van der Waals surface area contributed by atoms with E-state index in [9.17, 15) is 0 Å². The Morgan fingerprint density at radius 1 is 0.417 bits per heavy atom. The molecule has 8 heteroatoms. The molecule has 0 bridgehead atoms. The predicted octanol–water partition coefficient (Wildman–Crippen LogP) is 10.7. The molecule has 48 heavy (non-hydrogen) atoms. The Hall–Kier alpha value is -5.82. The average molecular weight is 658 g/mol. The highest BCUT2D eigenvalue weighted by Crippen LogP contribution is 2.41. The van der Waals surface area contributed by atoms with Crippen LogP contribution in [0.15, 0.2) is 133 Å². The first-order chi connectivity index (χ1) is 23.6. The molecule has 4 heterocycles. The Morgan fingerprint density at radius 2 is 0.958 bits per heavy atom. The third-order valence-corrected chi connectivity index (χ3v) is 9.58. The van der Waals surface area contributed by atoms with Gasteiger partial charge in [0.2, 0.25) is 5.95 Å². The molecule has 0 N–H and O–H groups in total. The van der Waals surface area contributed by atoms with Gasteiger partial charge in [-0.3, -0.25) is 8.97 Å². The number of nitrogens with zero attached hydrogens (tertiary/aromatic N) is 6. The molecule has 0 atom stereocenters. The summed E-state index contributed by atoms with van der Waals surface area (Å²) in [6.07, 6.45) is 0. The van der Waals surface area contributed by atoms with Gasteiger partial charge in [0.05, 0.1) is 27.6 Å². The van der Waals surface area contributed by atoms with Crippen LogP contribution < -0.4 is 0 Å². The topological polar surface area (TPSA) is 60.9 Å². The fraction of sp³-hybridized carbons (Fsp3) is 0. The molecular weight excluding hydrogens is 635 g/mol. The van der Waals surface area contributed by atoms with E-state index in [4.69, 9.17) is 43.1 Å². The van der Waals surface area contributed by atoms with Gasteiger partial charge in [-0.15, -0.1) is 0 Å². The van der Waals surface area contributed by atoms with Crippen molar-refractivity contribution in [1.29, 1.82) is 0 Å². The lowest BCUT2D eigenvalue weighted by atomic mass is 10.0. The molecule has 4 aromatic heterocycles. The number of halogens is 2. The van der Waals surface area contributed by atoms with Gasteiger partial charge in [-0.2, -0.15) is 9.97 Å². The quantitative estimate of drug-likeness (QED) is 0.177.